The van der Waals surface area contributed by atoms with Crippen molar-refractivity contribution < 1.29 is 14.6 Å². The number of aryl methyl sites for hydroxylation is 1. The minimum absolute atomic E-state index is 0.0739. The van der Waals surface area contributed by atoms with Gasteiger partial charge in [0.15, 0.2) is 0 Å². The summed E-state index contributed by atoms with van der Waals surface area (Å²) in [6.07, 6.45) is 0. The first kappa shape index (κ1) is 13.6. The van der Waals surface area contributed by atoms with Gasteiger partial charge in [-0.25, -0.2) is 0 Å². The van der Waals surface area contributed by atoms with Crippen LogP contribution in [0.1, 0.15) is 37.8 Å². The fraction of sp³-hybridized carbons (Fsp3) is 0.500. The summed E-state index contributed by atoms with van der Waals surface area (Å²) in [5.74, 6) is -0.332. The number of hydrogen-bond acceptors (Lipinski definition) is 2. The summed E-state index contributed by atoms with van der Waals surface area (Å²) in [4.78, 5) is 11.2. The molecule has 0 aliphatic rings. The molecule has 1 unspecified atom stereocenters. The SMILES string of the molecule is CCOc1ccc(C(C(=O)O)C(C)C)cc1C. The Kier molecular flexibility index (Phi) is 4.55. The van der Waals surface area contributed by atoms with Crippen LogP contribution in [0.4, 0.5) is 0 Å². The highest BCUT2D eigenvalue weighted by Gasteiger charge is 2.23. The van der Waals surface area contributed by atoms with Gasteiger partial charge in [0.1, 0.15) is 5.75 Å². The zero-order valence-electron chi connectivity index (χ0n) is 10.9. The van der Waals surface area contributed by atoms with Gasteiger partial charge in [-0.2, -0.15) is 0 Å². The third-order valence-corrected chi connectivity index (χ3v) is 2.79. The van der Waals surface area contributed by atoms with Crippen LogP contribution in [0.5, 0.6) is 5.75 Å². The molecule has 0 fully saturated rings. The first-order valence-corrected chi connectivity index (χ1v) is 5.93. The highest BCUT2D eigenvalue weighted by Crippen LogP contribution is 2.28. The van der Waals surface area contributed by atoms with Gasteiger partial charge in [-0.1, -0.05) is 26.0 Å². The molecule has 0 saturated carbocycles. The molecule has 94 valence electrons. The average molecular weight is 236 g/mol. The highest BCUT2D eigenvalue weighted by molar-refractivity contribution is 5.76. The molecule has 0 saturated heterocycles. The van der Waals surface area contributed by atoms with E-state index in [1.165, 1.54) is 0 Å². The van der Waals surface area contributed by atoms with Crippen molar-refractivity contribution in [2.75, 3.05) is 6.61 Å². The van der Waals surface area contributed by atoms with Crippen LogP contribution in [0.25, 0.3) is 0 Å². The topological polar surface area (TPSA) is 46.5 Å². The smallest absolute Gasteiger partial charge is 0.311 e. The molecular weight excluding hydrogens is 216 g/mol. The Morgan fingerprint density at radius 2 is 2.06 bits per heavy atom. The molecule has 1 aromatic rings. The molecule has 17 heavy (non-hydrogen) atoms. The molecule has 0 aliphatic carbocycles. The quantitative estimate of drug-likeness (QED) is 0.853. The van der Waals surface area contributed by atoms with Crippen molar-refractivity contribution in [3.63, 3.8) is 0 Å². The van der Waals surface area contributed by atoms with Gasteiger partial charge in [-0.3, -0.25) is 4.79 Å². The van der Waals surface area contributed by atoms with E-state index >= 15 is 0 Å². The normalized spacial score (nSPS) is 12.5. The standard InChI is InChI=1S/C14H20O3/c1-5-17-12-7-6-11(8-10(12)4)13(9(2)3)14(15)16/h6-9,13H,5H2,1-4H3,(H,15,16). The molecule has 0 heterocycles. The fourth-order valence-electron chi connectivity index (χ4n) is 2.00. The molecule has 3 heteroatoms. The van der Waals surface area contributed by atoms with Crippen molar-refractivity contribution in [3.05, 3.63) is 29.3 Å². The lowest BCUT2D eigenvalue weighted by molar-refractivity contribution is -0.139. The lowest BCUT2D eigenvalue weighted by Crippen LogP contribution is -2.17. The van der Waals surface area contributed by atoms with Crippen LogP contribution >= 0.6 is 0 Å². The van der Waals surface area contributed by atoms with Gasteiger partial charge in [0.05, 0.1) is 12.5 Å². The zero-order chi connectivity index (χ0) is 13.0. The number of ether oxygens (including phenoxy) is 1. The maximum atomic E-state index is 11.2. The summed E-state index contributed by atoms with van der Waals surface area (Å²) in [6.45, 7) is 8.33. The maximum Gasteiger partial charge on any atom is 0.311 e. The van der Waals surface area contributed by atoms with Gasteiger partial charge in [0, 0.05) is 0 Å². The van der Waals surface area contributed by atoms with E-state index in [0.29, 0.717) is 6.61 Å². The summed E-state index contributed by atoms with van der Waals surface area (Å²) < 4.78 is 5.44. The molecule has 0 radical (unpaired) electrons. The van der Waals surface area contributed by atoms with Crippen LogP contribution in [0.2, 0.25) is 0 Å². The molecule has 0 amide bonds. The number of rotatable bonds is 5. The maximum absolute atomic E-state index is 11.2. The van der Waals surface area contributed by atoms with Gasteiger partial charge in [-0.05, 0) is 37.0 Å². The number of carboxylic acid groups (broad SMARTS) is 1. The molecule has 1 aromatic carbocycles. The minimum Gasteiger partial charge on any atom is -0.494 e. The van der Waals surface area contributed by atoms with Gasteiger partial charge in [-0.15, -0.1) is 0 Å². The first-order valence-electron chi connectivity index (χ1n) is 5.93. The molecule has 1 rings (SSSR count). The minimum atomic E-state index is -0.774. The second-order valence-electron chi connectivity index (χ2n) is 4.52. The lowest BCUT2D eigenvalue weighted by Gasteiger charge is -2.18. The molecule has 0 spiro atoms. The van der Waals surface area contributed by atoms with Crippen LogP contribution in [0.15, 0.2) is 18.2 Å². The lowest BCUT2D eigenvalue weighted by atomic mass is 9.88. The molecule has 1 N–H and O–H groups in total. The van der Waals surface area contributed by atoms with E-state index in [9.17, 15) is 9.90 Å². The van der Waals surface area contributed by atoms with Crippen molar-refractivity contribution in [3.8, 4) is 5.75 Å². The Hall–Kier alpha value is -1.51. The van der Waals surface area contributed by atoms with Crippen LogP contribution < -0.4 is 4.74 Å². The molecule has 3 nitrogen and oxygen atoms in total. The number of carboxylic acids is 1. The van der Waals surface area contributed by atoms with Crippen molar-refractivity contribution in [1.29, 1.82) is 0 Å². The second-order valence-corrected chi connectivity index (χ2v) is 4.52. The molecule has 1 atom stereocenters. The van der Waals surface area contributed by atoms with E-state index in [2.05, 4.69) is 0 Å². The Balaban J connectivity index is 3.06. The molecular formula is C14H20O3. The monoisotopic (exact) mass is 236 g/mol. The number of benzene rings is 1. The van der Waals surface area contributed by atoms with E-state index in [1.807, 2.05) is 45.9 Å². The van der Waals surface area contributed by atoms with Crippen molar-refractivity contribution in [2.24, 2.45) is 5.92 Å². The molecule has 0 aliphatic heterocycles. The number of carbonyl (C=O) groups is 1. The van der Waals surface area contributed by atoms with Crippen molar-refractivity contribution in [1.82, 2.24) is 0 Å². The number of aliphatic carboxylic acids is 1. The summed E-state index contributed by atoms with van der Waals surface area (Å²) in [7, 11) is 0. The van der Waals surface area contributed by atoms with Gasteiger partial charge in [0.25, 0.3) is 0 Å². The molecule has 0 aromatic heterocycles. The largest absolute Gasteiger partial charge is 0.494 e. The predicted octanol–water partition coefficient (Wildman–Crippen LogP) is 3.22. The highest BCUT2D eigenvalue weighted by atomic mass is 16.5. The van der Waals surface area contributed by atoms with Gasteiger partial charge in [0.2, 0.25) is 0 Å². The van der Waals surface area contributed by atoms with Crippen molar-refractivity contribution >= 4 is 5.97 Å². The predicted molar refractivity (Wildman–Crippen MR) is 67.6 cm³/mol. The Morgan fingerprint density at radius 1 is 1.41 bits per heavy atom. The first-order chi connectivity index (χ1) is 7.97. The van der Waals surface area contributed by atoms with Gasteiger partial charge < -0.3 is 9.84 Å². The Morgan fingerprint density at radius 3 is 2.47 bits per heavy atom. The van der Waals surface area contributed by atoms with Crippen LogP contribution in [0.3, 0.4) is 0 Å². The van der Waals surface area contributed by atoms with Gasteiger partial charge >= 0.3 is 5.97 Å². The summed E-state index contributed by atoms with van der Waals surface area (Å²) in [5, 5.41) is 9.23. The van der Waals surface area contributed by atoms with E-state index in [0.717, 1.165) is 16.9 Å². The van der Waals surface area contributed by atoms with Crippen molar-refractivity contribution in [2.45, 2.75) is 33.6 Å². The fourth-order valence-corrected chi connectivity index (χ4v) is 2.00. The summed E-state index contributed by atoms with van der Waals surface area (Å²) in [6, 6.07) is 5.60. The summed E-state index contributed by atoms with van der Waals surface area (Å²) in [5.41, 5.74) is 1.82. The van der Waals surface area contributed by atoms with Crippen LogP contribution in [0, 0.1) is 12.8 Å². The van der Waals surface area contributed by atoms with E-state index in [1.54, 1.807) is 0 Å². The zero-order valence-corrected chi connectivity index (χ0v) is 10.9. The average Bonchev–Trinajstić information content (AvgIpc) is 2.21. The van der Waals surface area contributed by atoms with E-state index < -0.39 is 11.9 Å². The Bertz CT molecular complexity index is 396. The molecule has 0 bridgehead atoms. The second kappa shape index (κ2) is 5.71. The van der Waals surface area contributed by atoms with Crippen LogP contribution in [-0.2, 0) is 4.79 Å². The third kappa shape index (κ3) is 3.22. The third-order valence-electron chi connectivity index (χ3n) is 2.79. The van der Waals surface area contributed by atoms with E-state index in [4.69, 9.17) is 4.74 Å². The van der Waals surface area contributed by atoms with Crippen LogP contribution in [-0.4, -0.2) is 17.7 Å². The summed E-state index contributed by atoms with van der Waals surface area (Å²) >= 11 is 0. The number of hydrogen-bond donors (Lipinski definition) is 1. The Labute approximate surface area is 102 Å². The van der Waals surface area contributed by atoms with E-state index in [-0.39, 0.29) is 5.92 Å².